The smallest absolute Gasteiger partial charge is 0.142 e. The Morgan fingerprint density at radius 1 is 1.44 bits per heavy atom. The van der Waals surface area contributed by atoms with Gasteiger partial charge in [0.05, 0.1) is 5.02 Å². The van der Waals surface area contributed by atoms with Crippen LogP contribution in [-0.4, -0.2) is 12.6 Å². The molecule has 0 amide bonds. The highest BCUT2D eigenvalue weighted by Gasteiger charge is 2.32. The third-order valence-corrected chi connectivity index (χ3v) is 4.21. The highest BCUT2D eigenvalue weighted by molar-refractivity contribution is 6.30. The van der Waals surface area contributed by atoms with Crippen molar-refractivity contribution in [2.75, 3.05) is 6.54 Å². The van der Waals surface area contributed by atoms with Crippen molar-refractivity contribution in [3.8, 4) is 0 Å². The molecule has 1 aromatic rings. The van der Waals surface area contributed by atoms with Gasteiger partial charge in [0, 0.05) is 6.04 Å². The van der Waals surface area contributed by atoms with Crippen LogP contribution >= 0.6 is 11.6 Å². The van der Waals surface area contributed by atoms with Crippen molar-refractivity contribution in [3.63, 3.8) is 0 Å². The molecule has 1 aliphatic carbocycles. The summed E-state index contributed by atoms with van der Waals surface area (Å²) < 4.78 is 13.4. The Kier molecular flexibility index (Phi) is 4.63. The van der Waals surface area contributed by atoms with Crippen molar-refractivity contribution in [2.24, 2.45) is 11.8 Å². The van der Waals surface area contributed by atoms with E-state index in [4.69, 9.17) is 11.6 Å². The summed E-state index contributed by atoms with van der Waals surface area (Å²) in [7, 11) is 0. The lowest BCUT2D eigenvalue weighted by Gasteiger charge is -2.25. The van der Waals surface area contributed by atoms with E-state index in [0.717, 1.165) is 24.4 Å². The summed E-state index contributed by atoms with van der Waals surface area (Å²) >= 11 is 5.71. The molecule has 100 valence electrons. The van der Waals surface area contributed by atoms with Crippen molar-refractivity contribution in [3.05, 3.63) is 34.6 Å². The lowest BCUT2D eigenvalue weighted by Crippen LogP contribution is -2.37. The topological polar surface area (TPSA) is 12.0 Å². The third-order valence-electron chi connectivity index (χ3n) is 3.91. The first-order valence-electron chi connectivity index (χ1n) is 6.79. The Bertz CT molecular complexity index is 403. The number of hydrogen-bond donors (Lipinski definition) is 1. The van der Waals surface area contributed by atoms with Gasteiger partial charge in [-0.1, -0.05) is 31.5 Å². The van der Waals surface area contributed by atoms with Gasteiger partial charge in [0.15, 0.2) is 0 Å². The van der Waals surface area contributed by atoms with Crippen LogP contribution in [0, 0.1) is 17.7 Å². The van der Waals surface area contributed by atoms with Crippen LogP contribution in [-0.2, 0) is 6.42 Å². The Morgan fingerprint density at radius 3 is 2.72 bits per heavy atom. The average Bonchev–Trinajstić information content (AvgIpc) is 3.16. The quantitative estimate of drug-likeness (QED) is 0.822. The molecule has 1 saturated carbocycles. The van der Waals surface area contributed by atoms with E-state index in [0.29, 0.717) is 12.0 Å². The molecule has 2 atom stereocenters. The number of benzene rings is 1. The summed E-state index contributed by atoms with van der Waals surface area (Å²) in [4.78, 5) is 0. The van der Waals surface area contributed by atoms with Gasteiger partial charge in [-0.2, -0.15) is 0 Å². The van der Waals surface area contributed by atoms with E-state index in [1.807, 2.05) is 6.07 Å². The largest absolute Gasteiger partial charge is 0.314 e. The van der Waals surface area contributed by atoms with Gasteiger partial charge in [0.2, 0.25) is 0 Å². The van der Waals surface area contributed by atoms with E-state index < -0.39 is 0 Å². The van der Waals surface area contributed by atoms with Gasteiger partial charge in [-0.05, 0) is 55.3 Å². The second kappa shape index (κ2) is 6.03. The molecule has 18 heavy (non-hydrogen) atoms. The molecule has 0 aliphatic heterocycles. The zero-order chi connectivity index (χ0) is 13.1. The average molecular weight is 270 g/mol. The maximum atomic E-state index is 13.4. The lowest BCUT2D eigenvalue weighted by atomic mass is 9.91. The molecule has 3 heteroatoms. The lowest BCUT2D eigenvalue weighted by molar-refractivity contribution is 0.344. The van der Waals surface area contributed by atoms with Gasteiger partial charge >= 0.3 is 0 Å². The first-order chi connectivity index (χ1) is 8.61. The van der Waals surface area contributed by atoms with E-state index in [-0.39, 0.29) is 10.8 Å². The molecular weight excluding hydrogens is 249 g/mol. The molecule has 1 aromatic carbocycles. The zero-order valence-corrected chi connectivity index (χ0v) is 11.8. The summed E-state index contributed by atoms with van der Waals surface area (Å²) in [5, 5.41) is 3.73. The Balaban J connectivity index is 2.04. The molecule has 1 nitrogen and oxygen atoms in total. The third kappa shape index (κ3) is 3.46. The number of halogens is 2. The van der Waals surface area contributed by atoms with Crippen LogP contribution in [0.15, 0.2) is 18.2 Å². The van der Waals surface area contributed by atoms with Crippen molar-refractivity contribution in [1.29, 1.82) is 0 Å². The van der Waals surface area contributed by atoms with Gasteiger partial charge in [-0.25, -0.2) is 4.39 Å². The standard InChI is InChI=1S/C15H21ClFN/c1-3-18-15(10(2)12-5-6-12)9-11-4-7-13(16)14(17)8-11/h4,7-8,10,12,15,18H,3,5-6,9H2,1-2H3. The first-order valence-corrected chi connectivity index (χ1v) is 7.17. The predicted molar refractivity (Wildman–Crippen MR) is 74.5 cm³/mol. The number of hydrogen-bond acceptors (Lipinski definition) is 1. The molecule has 0 aromatic heterocycles. The molecule has 1 aliphatic rings. The molecule has 1 fully saturated rings. The molecule has 0 bridgehead atoms. The number of nitrogens with one attached hydrogen (secondary N) is 1. The van der Waals surface area contributed by atoms with Crippen molar-refractivity contribution >= 4 is 11.6 Å². The van der Waals surface area contributed by atoms with Gasteiger partial charge in [0.1, 0.15) is 5.82 Å². The molecular formula is C15H21ClFN. The summed E-state index contributed by atoms with van der Waals surface area (Å²) in [6.07, 6.45) is 3.57. The normalized spacial score (nSPS) is 18.7. The second-order valence-electron chi connectivity index (χ2n) is 5.31. The van der Waals surface area contributed by atoms with Crippen molar-refractivity contribution in [2.45, 2.75) is 39.2 Å². The second-order valence-corrected chi connectivity index (χ2v) is 5.72. The summed E-state index contributed by atoms with van der Waals surface area (Å²) in [6.45, 7) is 5.38. The van der Waals surface area contributed by atoms with E-state index in [1.54, 1.807) is 12.1 Å². The van der Waals surface area contributed by atoms with E-state index in [1.165, 1.54) is 12.8 Å². The molecule has 2 rings (SSSR count). The van der Waals surface area contributed by atoms with Gasteiger partial charge < -0.3 is 5.32 Å². The molecule has 0 heterocycles. The SMILES string of the molecule is CCNC(Cc1ccc(Cl)c(F)c1)C(C)C1CC1. The fraction of sp³-hybridized carbons (Fsp3) is 0.600. The fourth-order valence-corrected chi connectivity index (χ4v) is 2.69. The van der Waals surface area contributed by atoms with Gasteiger partial charge in [0.25, 0.3) is 0 Å². The monoisotopic (exact) mass is 269 g/mol. The maximum Gasteiger partial charge on any atom is 0.142 e. The predicted octanol–water partition coefficient (Wildman–Crippen LogP) is 4.05. The van der Waals surface area contributed by atoms with Crippen LogP contribution in [0.3, 0.4) is 0 Å². The van der Waals surface area contributed by atoms with E-state index >= 15 is 0 Å². The fourth-order valence-electron chi connectivity index (χ4n) is 2.58. The Labute approximate surface area is 114 Å². The van der Waals surface area contributed by atoms with Crippen LogP contribution in [0.2, 0.25) is 5.02 Å². The summed E-state index contributed by atoms with van der Waals surface area (Å²) in [5.74, 6) is 1.19. The van der Waals surface area contributed by atoms with Crippen LogP contribution in [0.25, 0.3) is 0 Å². The zero-order valence-electron chi connectivity index (χ0n) is 11.0. The van der Waals surface area contributed by atoms with Crippen LogP contribution < -0.4 is 5.32 Å². The van der Waals surface area contributed by atoms with Crippen LogP contribution in [0.5, 0.6) is 0 Å². The van der Waals surface area contributed by atoms with E-state index in [2.05, 4.69) is 19.2 Å². The maximum absolute atomic E-state index is 13.4. The minimum absolute atomic E-state index is 0.203. The highest BCUT2D eigenvalue weighted by Crippen LogP contribution is 2.38. The number of rotatable bonds is 6. The van der Waals surface area contributed by atoms with Gasteiger partial charge in [-0.15, -0.1) is 0 Å². The minimum atomic E-state index is -0.316. The Hall–Kier alpha value is -0.600. The molecule has 0 saturated heterocycles. The molecule has 2 unspecified atom stereocenters. The summed E-state index contributed by atoms with van der Waals surface area (Å²) in [6, 6.07) is 5.57. The first kappa shape index (κ1) is 13.8. The highest BCUT2D eigenvalue weighted by atomic mass is 35.5. The molecule has 0 radical (unpaired) electrons. The minimum Gasteiger partial charge on any atom is -0.314 e. The van der Waals surface area contributed by atoms with E-state index in [9.17, 15) is 4.39 Å². The van der Waals surface area contributed by atoms with Crippen LogP contribution in [0.1, 0.15) is 32.3 Å². The van der Waals surface area contributed by atoms with Crippen molar-refractivity contribution in [1.82, 2.24) is 5.32 Å². The van der Waals surface area contributed by atoms with Gasteiger partial charge in [-0.3, -0.25) is 0 Å². The Morgan fingerprint density at radius 2 is 2.17 bits per heavy atom. The molecule has 0 spiro atoms. The van der Waals surface area contributed by atoms with Crippen LogP contribution in [0.4, 0.5) is 4.39 Å². The number of likely N-dealkylation sites (N-methyl/N-ethyl adjacent to an activating group) is 1. The molecule has 1 N–H and O–H groups in total. The van der Waals surface area contributed by atoms with Crippen molar-refractivity contribution < 1.29 is 4.39 Å². The summed E-state index contributed by atoms with van der Waals surface area (Å²) in [5.41, 5.74) is 1.02.